The maximum atomic E-state index is 5.45. The molecule has 2 nitrogen and oxygen atoms in total. The molecule has 0 saturated heterocycles. The molecule has 0 aliphatic rings. The fourth-order valence-corrected chi connectivity index (χ4v) is 2.90. The van der Waals surface area contributed by atoms with Gasteiger partial charge in [-0.2, -0.15) is 0 Å². The van der Waals surface area contributed by atoms with Gasteiger partial charge in [0.15, 0.2) is 0 Å². The molecule has 2 rings (SSSR count). The zero-order valence-corrected chi connectivity index (χ0v) is 12.2. The summed E-state index contributed by atoms with van der Waals surface area (Å²) in [6.45, 7) is 3.25. The van der Waals surface area contributed by atoms with Gasteiger partial charge in [0.05, 0.1) is 6.26 Å². The second kappa shape index (κ2) is 8.08. The molecule has 1 unspecified atom stereocenters. The third kappa shape index (κ3) is 5.13. The van der Waals surface area contributed by atoms with Gasteiger partial charge in [-0.15, -0.1) is 11.8 Å². The third-order valence-corrected chi connectivity index (χ3v) is 4.08. The summed E-state index contributed by atoms with van der Waals surface area (Å²) in [4.78, 5) is 1.32. The number of hydrogen-bond acceptors (Lipinski definition) is 3. The van der Waals surface area contributed by atoms with E-state index in [0.717, 1.165) is 30.9 Å². The Hall–Kier alpha value is -1.19. The lowest BCUT2D eigenvalue weighted by Gasteiger charge is -2.17. The van der Waals surface area contributed by atoms with Crippen molar-refractivity contribution in [3.05, 3.63) is 54.5 Å². The van der Waals surface area contributed by atoms with Crippen LogP contribution in [0.25, 0.3) is 0 Å². The molecule has 102 valence electrons. The average molecular weight is 275 g/mol. The first-order valence-electron chi connectivity index (χ1n) is 6.82. The molecular formula is C16H21NOS. The number of benzene rings is 1. The molecule has 1 aromatic heterocycles. The van der Waals surface area contributed by atoms with E-state index in [2.05, 4.69) is 42.6 Å². The zero-order valence-electron chi connectivity index (χ0n) is 11.3. The van der Waals surface area contributed by atoms with Crippen molar-refractivity contribution >= 4 is 11.8 Å². The van der Waals surface area contributed by atoms with Crippen LogP contribution in [-0.4, -0.2) is 18.3 Å². The van der Waals surface area contributed by atoms with Crippen molar-refractivity contribution in [2.24, 2.45) is 0 Å². The summed E-state index contributed by atoms with van der Waals surface area (Å²) in [6.07, 6.45) is 3.86. The van der Waals surface area contributed by atoms with Crippen LogP contribution in [0, 0.1) is 0 Å². The molecule has 0 spiro atoms. The van der Waals surface area contributed by atoms with E-state index < -0.39 is 0 Å². The van der Waals surface area contributed by atoms with Gasteiger partial charge < -0.3 is 9.73 Å². The highest BCUT2D eigenvalue weighted by atomic mass is 32.2. The standard InChI is InChI=1S/C16H21NOS/c1-2-10-17-14(12-15-7-6-11-18-15)13-19-16-8-4-3-5-9-16/h3-9,11,14,17H,2,10,12-13H2,1H3. The minimum Gasteiger partial charge on any atom is -0.469 e. The molecule has 1 heterocycles. The molecule has 0 fully saturated rings. The minimum atomic E-state index is 0.455. The molecule has 3 heteroatoms. The van der Waals surface area contributed by atoms with Crippen LogP contribution in [0.2, 0.25) is 0 Å². The molecule has 19 heavy (non-hydrogen) atoms. The van der Waals surface area contributed by atoms with Crippen molar-refractivity contribution < 1.29 is 4.42 Å². The van der Waals surface area contributed by atoms with E-state index in [0.29, 0.717) is 6.04 Å². The number of rotatable bonds is 8. The highest BCUT2D eigenvalue weighted by Crippen LogP contribution is 2.19. The molecule has 0 aliphatic carbocycles. The van der Waals surface area contributed by atoms with E-state index in [1.807, 2.05) is 23.9 Å². The third-order valence-electron chi connectivity index (χ3n) is 2.91. The Morgan fingerprint density at radius 2 is 2.00 bits per heavy atom. The quantitative estimate of drug-likeness (QED) is 0.738. The SMILES string of the molecule is CCCNC(CSc1ccccc1)Cc1ccco1. The predicted octanol–water partition coefficient (Wildman–Crippen LogP) is 3.98. The molecule has 0 aliphatic heterocycles. The van der Waals surface area contributed by atoms with E-state index in [-0.39, 0.29) is 0 Å². The largest absolute Gasteiger partial charge is 0.469 e. The van der Waals surface area contributed by atoms with Gasteiger partial charge in [0, 0.05) is 23.1 Å². The van der Waals surface area contributed by atoms with Crippen molar-refractivity contribution in [3.8, 4) is 0 Å². The Morgan fingerprint density at radius 1 is 1.16 bits per heavy atom. The number of hydrogen-bond donors (Lipinski definition) is 1. The first-order chi connectivity index (χ1) is 9.38. The van der Waals surface area contributed by atoms with Crippen LogP contribution in [0.3, 0.4) is 0 Å². The maximum Gasteiger partial charge on any atom is 0.105 e. The Balaban J connectivity index is 1.86. The van der Waals surface area contributed by atoms with E-state index in [4.69, 9.17) is 4.42 Å². The Bertz CT molecular complexity index is 441. The van der Waals surface area contributed by atoms with Gasteiger partial charge in [0.25, 0.3) is 0 Å². The summed E-state index contributed by atoms with van der Waals surface area (Å²) < 4.78 is 5.45. The highest BCUT2D eigenvalue weighted by Gasteiger charge is 2.11. The monoisotopic (exact) mass is 275 g/mol. The van der Waals surface area contributed by atoms with Crippen LogP contribution in [0.15, 0.2) is 58.0 Å². The topological polar surface area (TPSA) is 25.2 Å². The second-order valence-electron chi connectivity index (χ2n) is 4.56. The summed E-state index contributed by atoms with van der Waals surface area (Å²) in [6, 6.07) is 15.0. The van der Waals surface area contributed by atoms with Gasteiger partial charge in [0.1, 0.15) is 5.76 Å². The molecule has 1 N–H and O–H groups in total. The lowest BCUT2D eigenvalue weighted by Crippen LogP contribution is -2.33. The summed E-state index contributed by atoms with van der Waals surface area (Å²) in [5, 5.41) is 3.60. The van der Waals surface area contributed by atoms with Gasteiger partial charge >= 0.3 is 0 Å². The average Bonchev–Trinajstić information content (AvgIpc) is 2.96. The number of furan rings is 1. The summed E-state index contributed by atoms with van der Waals surface area (Å²) in [7, 11) is 0. The van der Waals surface area contributed by atoms with Crippen LogP contribution in [0.1, 0.15) is 19.1 Å². The lowest BCUT2D eigenvalue weighted by molar-refractivity contribution is 0.460. The first-order valence-corrected chi connectivity index (χ1v) is 7.80. The van der Waals surface area contributed by atoms with E-state index >= 15 is 0 Å². The molecule has 0 radical (unpaired) electrons. The van der Waals surface area contributed by atoms with Crippen LogP contribution in [0.5, 0.6) is 0 Å². The maximum absolute atomic E-state index is 5.45. The molecule has 0 bridgehead atoms. The van der Waals surface area contributed by atoms with E-state index in [9.17, 15) is 0 Å². The molecule has 1 aromatic carbocycles. The summed E-state index contributed by atoms with van der Waals surface area (Å²) in [5.41, 5.74) is 0. The van der Waals surface area contributed by atoms with Gasteiger partial charge in [-0.05, 0) is 37.2 Å². The van der Waals surface area contributed by atoms with Crippen LogP contribution in [0.4, 0.5) is 0 Å². The first kappa shape index (κ1) is 14.2. The molecule has 0 amide bonds. The summed E-state index contributed by atoms with van der Waals surface area (Å²) >= 11 is 1.90. The molecular weight excluding hydrogens is 254 g/mol. The molecule has 0 saturated carbocycles. The normalized spacial score (nSPS) is 12.5. The van der Waals surface area contributed by atoms with Gasteiger partial charge in [-0.25, -0.2) is 0 Å². The van der Waals surface area contributed by atoms with Crippen molar-refractivity contribution in [2.75, 3.05) is 12.3 Å². The van der Waals surface area contributed by atoms with Crippen molar-refractivity contribution in [3.63, 3.8) is 0 Å². The van der Waals surface area contributed by atoms with Gasteiger partial charge in [-0.3, -0.25) is 0 Å². The second-order valence-corrected chi connectivity index (χ2v) is 5.65. The zero-order chi connectivity index (χ0) is 13.3. The lowest BCUT2D eigenvalue weighted by atomic mass is 10.2. The van der Waals surface area contributed by atoms with Gasteiger partial charge in [0.2, 0.25) is 0 Å². The van der Waals surface area contributed by atoms with E-state index in [1.54, 1.807) is 6.26 Å². The number of nitrogens with one attached hydrogen (secondary N) is 1. The highest BCUT2D eigenvalue weighted by molar-refractivity contribution is 7.99. The molecule has 2 aromatic rings. The van der Waals surface area contributed by atoms with Crippen LogP contribution < -0.4 is 5.32 Å². The van der Waals surface area contributed by atoms with Crippen LogP contribution in [-0.2, 0) is 6.42 Å². The van der Waals surface area contributed by atoms with Crippen molar-refractivity contribution in [2.45, 2.75) is 30.7 Å². The van der Waals surface area contributed by atoms with Crippen molar-refractivity contribution in [1.82, 2.24) is 5.32 Å². The number of thioether (sulfide) groups is 1. The predicted molar refractivity (Wildman–Crippen MR) is 81.7 cm³/mol. The Kier molecular flexibility index (Phi) is 6.05. The molecule has 1 atom stereocenters. The smallest absolute Gasteiger partial charge is 0.105 e. The summed E-state index contributed by atoms with van der Waals surface area (Å²) in [5.74, 6) is 2.12. The Morgan fingerprint density at radius 3 is 2.68 bits per heavy atom. The van der Waals surface area contributed by atoms with Gasteiger partial charge in [-0.1, -0.05) is 25.1 Å². The minimum absolute atomic E-state index is 0.455. The Labute approximate surface area is 119 Å². The van der Waals surface area contributed by atoms with E-state index in [1.165, 1.54) is 4.90 Å². The fraction of sp³-hybridized carbons (Fsp3) is 0.375. The fourth-order valence-electron chi connectivity index (χ4n) is 1.92. The van der Waals surface area contributed by atoms with Crippen LogP contribution >= 0.6 is 11.8 Å². The van der Waals surface area contributed by atoms with Crippen molar-refractivity contribution in [1.29, 1.82) is 0 Å².